The highest BCUT2D eigenvalue weighted by Gasteiger charge is 2.49. The molecule has 5 aliphatic heterocycles. The quantitative estimate of drug-likeness (QED) is 0.736. The van der Waals surface area contributed by atoms with Gasteiger partial charge in [0.1, 0.15) is 6.04 Å². The smallest absolute Gasteiger partial charge is 0.262 e. The van der Waals surface area contributed by atoms with Crippen molar-refractivity contribution in [1.29, 1.82) is 0 Å². The molecule has 0 radical (unpaired) electrons. The Balaban J connectivity index is 1.37. The summed E-state index contributed by atoms with van der Waals surface area (Å²) in [6.07, 6.45) is 1.48. The third kappa shape index (κ3) is 2.77. The van der Waals surface area contributed by atoms with Gasteiger partial charge in [-0.3, -0.25) is 34.3 Å². The molecule has 6 rings (SSSR count). The fraction of sp³-hybridized carbons (Fsp3) is 0.545. The molecular weight excluding hydrogens is 384 g/mol. The Kier molecular flexibility index (Phi) is 4.09. The number of piperazine rings is 1. The van der Waals surface area contributed by atoms with Gasteiger partial charge in [0, 0.05) is 42.8 Å². The third-order valence-electron chi connectivity index (χ3n) is 6.76. The molecule has 30 heavy (non-hydrogen) atoms. The van der Waals surface area contributed by atoms with Crippen LogP contribution in [0.3, 0.4) is 0 Å². The van der Waals surface area contributed by atoms with Crippen molar-refractivity contribution in [2.45, 2.75) is 63.7 Å². The number of rotatable bonds is 2. The van der Waals surface area contributed by atoms with E-state index in [1.54, 1.807) is 12.1 Å². The molecule has 0 aromatic heterocycles. The van der Waals surface area contributed by atoms with Crippen molar-refractivity contribution in [3.63, 3.8) is 0 Å². The van der Waals surface area contributed by atoms with Crippen LogP contribution in [0.25, 0.3) is 0 Å². The van der Waals surface area contributed by atoms with E-state index in [1.807, 2.05) is 6.07 Å². The zero-order valence-corrected chi connectivity index (χ0v) is 17.5. The molecule has 1 N–H and O–H groups in total. The lowest BCUT2D eigenvalue weighted by Crippen LogP contribution is -2.73. The van der Waals surface area contributed by atoms with Crippen LogP contribution in [0.2, 0.25) is 0 Å². The van der Waals surface area contributed by atoms with E-state index >= 15 is 0 Å². The maximum absolute atomic E-state index is 13.0. The second kappa shape index (κ2) is 6.38. The molecule has 1 aromatic carbocycles. The Morgan fingerprint density at radius 2 is 1.63 bits per heavy atom. The maximum atomic E-state index is 13.0. The lowest BCUT2D eigenvalue weighted by molar-refractivity contribution is -0.136. The fourth-order valence-corrected chi connectivity index (χ4v) is 5.57. The molecule has 5 heterocycles. The van der Waals surface area contributed by atoms with Crippen LogP contribution >= 0.6 is 0 Å². The molecule has 5 aliphatic rings. The molecule has 8 nitrogen and oxygen atoms in total. The molecule has 0 saturated carbocycles. The average molecular weight is 410 g/mol. The first kappa shape index (κ1) is 19.2. The predicted molar refractivity (Wildman–Crippen MR) is 109 cm³/mol. The van der Waals surface area contributed by atoms with Crippen molar-refractivity contribution >= 4 is 29.3 Å². The monoisotopic (exact) mass is 410 g/mol. The minimum atomic E-state index is -0.929. The minimum absolute atomic E-state index is 0.121. The van der Waals surface area contributed by atoms with Gasteiger partial charge < -0.3 is 4.90 Å². The number of amides is 4. The normalized spacial score (nSPS) is 29.1. The first-order chi connectivity index (χ1) is 14.1. The largest absolute Gasteiger partial charge is 0.368 e. The summed E-state index contributed by atoms with van der Waals surface area (Å²) < 4.78 is 0. The summed E-state index contributed by atoms with van der Waals surface area (Å²) in [5, 5.41) is 2.23. The number of piperidine rings is 2. The van der Waals surface area contributed by atoms with Crippen LogP contribution in [0.15, 0.2) is 18.2 Å². The van der Waals surface area contributed by atoms with Crippen molar-refractivity contribution in [3.05, 3.63) is 29.3 Å². The number of fused-ring (bicyclic) bond motifs is 3. The van der Waals surface area contributed by atoms with Crippen LogP contribution < -0.4 is 10.2 Å². The van der Waals surface area contributed by atoms with Crippen molar-refractivity contribution < 1.29 is 19.2 Å². The van der Waals surface area contributed by atoms with Crippen molar-refractivity contribution in [3.8, 4) is 0 Å². The lowest BCUT2D eigenvalue weighted by Gasteiger charge is -2.62. The fourth-order valence-electron chi connectivity index (χ4n) is 5.57. The Hall–Kier alpha value is -2.74. The van der Waals surface area contributed by atoms with Gasteiger partial charge in [0.05, 0.1) is 11.1 Å². The molecule has 1 aromatic rings. The number of hydrogen-bond acceptors (Lipinski definition) is 6. The average Bonchev–Trinajstić information content (AvgIpc) is 2.91. The summed E-state index contributed by atoms with van der Waals surface area (Å²) in [4.78, 5) is 55.4. The Labute approximate surface area is 175 Å². The van der Waals surface area contributed by atoms with Crippen molar-refractivity contribution in [2.75, 3.05) is 18.0 Å². The van der Waals surface area contributed by atoms with E-state index in [4.69, 9.17) is 0 Å². The molecule has 4 fully saturated rings. The number of nitrogens with one attached hydrogen (secondary N) is 1. The van der Waals surface area contributed by atoms with E-state index in [-0.39, 0.29) is 24.3 Å². The first-order valence-electron chi connectivity index (χ1n) is 10.5. The summed E-state index contributed by atoms with van der Waals surface area (Å²) in [7, 11) is 0. The topological polar surface area (TPSA) is 90.0 Å². The number of hydrogen-bond donors (Lipinski definition) is 1. The van der Waals surface area contributed by atoms with Gasteiger partial charge in [-0.05, 0) is 51.8 Å². The van der Waals surface area contributed by atoms with Gasteiger partial charge in [-0.15, -0.1) is 0 Å². The first-order valence-corrected chi connectivity index (χ1v) is 10.5. The molecule has 2 unspecified atom stereocenters. The van der Waals surface area contributed by atoms with Gasteiger partial charge in [-0.2, -0.15) is 0 Å². The highest BCUT2D eigenvalue weighted by atomic mass is 16.2. The number of carbonyl (C=O) groups excluding carboxylic acids is 4. The van der Waals surface area contributed by atoms with Crippen LogP contribution in [-0.2, 0) is 9.59 Å². The summed E-state index contributed by atoms with van der Waals surface area (Å²) in [5.41, 5.74) is 1.74. The van der Waals surface area contributed by atoms with Gasteiger partial charge in [-0.1, -0.05) is 0 Å². The van der Waals surface area contributed by atoms with E-state index in [2.05, 4.69) is 35.9 Å². The van der Waals surface area contributed by atoms with Gasteiger partial charge in [0.15, 0.2) is 0 Å². The maximum Gasteiger partial charge on any atom is 0.262 e. The van der Waals surface area contributed by atoms with E-state index in [1.165, 1.54) is 6.42 Å². The highest BCUT2D eigenvalue weighted by molar-refractivity contribution is 6.23. The van der Waals surface area contributed by atoms with E-state index in [0.29, 0.717) is 23.2 Å². The SMILES string of the molecule is CC(C)(C)N1C2CC1CN(c1ccc3c(c1)C(=O)N([C@@H]1CCC(=O)NC1=O)C3=O)C2. The van der Waals surface area contributed by atoms with Gasteiger partial charge in [0.2, 0.25) is 11.8 Å². The zero-order chi connectivity index (χ0) is 21.4. The van der Waals surface area contributed by atoms with Gasteiger partial charge in [0.25, 0.3) is 11.8 Å². The minimum Gasteiger partial charge on any atom is -0.368 e. The second-order valence-electron chi connectivity index (χ2n) is 9.70. The van der Waals surface area contributed by atoms with Crippen LogP contribution in [0.4, 0.5) is 5.69 Å². The summed E-state index contributed by atoms with van der Waals surface area (Å²) in [5.74, 6) is -1.87. The molecule has 2 bridgehead atoms. The van der Waals surface area contributed by atoms with Crippen LogP contribution in [0, 0.1) is 0 Å². The van der Waals surface area contributed by atoms with Gasteiger partial charge in [-0.25, -0.2) is 0 Å². The molecule has 0 aliphatic carbocycles. The van der Waals surface area contributed by atoms with Crippen molar-refractivity contribution in [1.82, 2.24) is 15.1 Å². The van der Waals surface area contributed by atoms with Gasteiger partial charge >= 0.3 is 0 Å². The number of imide groups is 2. The highest BCUT2D eigenvalue weighted by Crippen LogP contribution is 2.40. The predicted octanol–water partition coefficient (Wildman–Crippen LogP) is 1.15. The number of benzene rings is 1. The molecule has 4 saturated heterocycles. The zero-order valence-electron chi connectivity index (χ0n) is 17.5. The molecule has 158 valence electrons. The standard InChI is InChI=1S/C22H26N4O4/c1-22(2,3)26-13-8-14(26)11-24(10-13)12-4-5-15-16(9-12)21(30)25(20(15)29)17-6-7-18(27)23-19(17)28/h4-5,9,13-14,17H,6-8,10-11H2,1-3H3,(H,23,27,28)/t13?,14?,17-/m1/s1. The van der Waals surface area contributed by atoms with E-state index in [0.717, 1.165) is 23.7 Å². The van der Waals surface area contributed by atoms with Crippen LogP contribution in [-0.4, -0.2) is 70.2 Å². The Bertz CT molecular complexity index is 970. The number of anilines is 1. The number of carbonyl (C=O) groups is 4. The summed E-state index contributed by atoms with van der Waals surface area (Å²) in [6, 6.07) is 5.43. The van der Waals surface area contributed by atoms with E-state index < -0.39 is 23.8 Å². The molecule has 3 atom stereocenters. The summed E-state index contributed by atoms with van der Waals surface area (Å²) in [6.45, 7) is 8.51. The van der Waals surface area contributed by atoms with E-state index in [9.17, 15) is 19.2 Å². The molecule has 8 heteroatoms. The van der Waals surface area contributed by atoms with Crippen molar-refractivity contribution in [2.24, 2.45) is 0 Å². The molecule has 4 amide bonds. The Morgan fingerprint density at radius 3 is 2.27 bits per heavy atom. The molecule has 0 spiro atoms. The summed E-state index contributed by atoms with van der Waals surface area (Å²) >= 11 is 0. The van der Waals surface area contributed by atoms with Crippen LogP contribution in [0.1, 0.15) is 60.7 Å². The lowest BCUT2D eigenvalue weighted by atomic mass is 9.82. The Morgan fingerprint density at radius 1 is 0.967 bits per heavy atom. The third-order valence-corrected chi connectivity index (χ3v) is 6.76. The number of nitrogens with zero attached hydrogens (tertiary/aromatic N) is 3. The second-order valence-corrected chi connectivity index (χ2v) is 9.70. The van der Waals surface area contributed by atoms with Crippen LogP contribution in [0.5, 0.6) is 0 Å². The molecular formula is C22H26N4O4.